The van der Waals surface area contributed by atoms with E-state index in [0.717, 1.165) is 30.3 Å². The number of fused-ring (bicyclic) bond motifs is 1. The fourth-order valence-electron chi connectivity index (χ4n) is 4.51. The minimum atomic E-state index is -0.296. The number of amides is 1. The third-order valence-electron chi connectivity index (χ3n) is 5.90. The van der Waals surface area contributed by atoms with Gasteiger partial charge in [0.05, 0.1) is 23.8 Å². The van der Waals surface area contributed by atoms with Crippen molar-refractivity contribution in [1.82, 2.24) is 9.88 Å². The maximum Gasteiger partial charge on any atom is 0.257 e. The van der Waals surface area contributed by atoms with Crippen molar-refractivity contribution in [3.8, 4) is 0 Å². The largest absolute Gasteiger partial charge is 0.373 e. The lowest BCUT2D eigenvalue weighted by Gasteiger charge is -2.32. The lowest BCUT2D eigenvalue weighted by molar-refractivity contribution is -0.0246. The summed E-state index contributed by atoms with van der Waals surface area (Å²) in [7, 11) is 1.86. The van der Waals surface area contributed by atoms with E-state index in [1.165, 1.54) is 19.3 Å². The molecule has 1 spiro atoms. The van der Waals surface area contributed by atoms with Crippen LogP contribution >= 0.6 is 0 Å². The Morgan fingerprint density at radius 3 is 2.81 bits per heavy atom. The molecule has 0 radical (unpaired) electrons. The highest BCUT2D eigenvalue weighted by molar-refractivity contribution is 5.97. The number of aromatic nitrogens is 1. The van der Waals surface area contributed by atoms with Crippen LogP contribution in [0.1, 0.15) is 54.4 Å². The second-order valence-electron chi connectivity index (χ2n) is 7.93. The molecule has 2 aliphatic rings. The van der Waals surface area contributed by atoms with E-state index in [0.29, 0.717) is 12.0 Å². The fraction of sp³-hybridized carbons (Fsp3) is 0.524. The number of ether oxygens (including phenoxy) is 1. The monoisotopic (exact) mass is 354 g/mol. The van der Waals surface area contributed by atoms with Gasteiger partial charge in [-0.05, 0) is 38.3 Å². The number of carbonyl (C=O) groups is 1. The minimum absolute atomic E-state index is 0.0153. The standard InChI is InChI=1S/C21H26N2O3/c1-14-6-7-18-16(10-14)19(24)17(12-23(18)2)20(25)22-15-11-21(26-13-15)8-4-3-5-9-21/h6-7,10,12,15H,3-5,8-9,11,13H2,1-2H3,(H,22,25)/t15-/m1/s1. The van der Waals surface area contributed by atoms with Crippen molar-refractivity contribution < 1.29 is 9.53 Å². The first-order chi connectivity index (χ1) is 12.5. The minimum Gasteiger partial charge on any atom is -0.373 e. The highest BCUT2D eigenvalue weighted by Crippen LogP contribution is 2.39. The molecule has 2 heterocycles. The van der Waals surface area contributed by atoms with Gasteiger partial charge in [0.2, 0.25) is 5.43 Å². The topological polar surface area (TPSA) is 60.3 Å². The number of benzene rings is 1. The van der Waals surface area contributed by atoms with E-state index in [9.17, 15) is 9.59 Å². The predicted molar refractivity (Wildman–Crippen MR) is 102 cm³/mol. The van der Waals surface area contributed by atoms with Crippen LogP contribution in [0.25, 0.3) is 10.9 Å². The molecule has 2 aromatic rings. The Bertz CT molecular complexity index is 909. The lowest BCUT2D eigenvalue weighted by atomic mass is 9.82. The molecule has 2 fully saturated rings. The lowest BCUT2D eigenvalue weighted by Crippen LogP contribution is -2.39. The Morgan fingerprint density at radius 2 is 2.04 bits per heavy atom. The summed E-state index contributed by atoms with van der Waals surface area (Å²) in [5.74, 6) is -0.296. The highest BCUT2D eigenvalue weighted by atomic mass is 16.5. The summed E-state index contributed by atoms with van der Waals surface area (Å²) in [6.45, 7) is 2.49. The van der Waals surface area contributed by atoms with E-state index >= 15 is 0 Å². The number of nitrogens with one attached hydrogen (secondary N) is 1. The molecular weight excluding hydrogens is 328 g/mol. The Hall–Kier alpha value is -2.14. The third kappa shape index (κ3) is 3.05. The zero-order valence-electron chi connectivity index (χ0n) is 15.5. The summed E-state index contributed by atoms with van der Waals surface area (Å²) < 4.78 is 7.92. The van der Waals surface area contributed by atoms with Crippen molar-refractivity contribution in [3.63, 3.8) is 0 Å². The van der Waals surface area contributed by atoms with Gasteiger partial charge in [0.25, 0.3) is 5.91 Å². The number of nitrogens with zero attached hydrogens (tertiary/aromatic N) is 1. The predicted octanol–water partition coefficient (Wildman–Crippen LogP) is 3.07. The molecule has 1 aromatic carbocycles. The van der Waals surface area contributed by atoms with E-state index in [-0.39, 0.29) is 28.5 Å². The smallest absolute Gasteiger partial charge is 0.257 e. The Kier molecular flexibility index (Phi) is 4.35. The first-order valence-corrected chi connectivity index (χ1v) is 9.52. The molecule has 5 heteroatoms. The van der Waals surface area contributed by atoms with Crippen LogP contribution in [0.2, 0.25) is 0 Å². The molecule has 1 amide bonds. The summed E-state index contributed by atoms with van der Waals surface area (Å²) in [5.41, 5.74) is 1.79. The Morgan fingerprint density at radius 1 is 1.27 bits per heavy atom. The molecule has 1 N–H and O–H groups in total. The van der Waals surface area contributed by atoms with Crippen LogP contribution in [0.15, 0.2) is 29.2 Å². The van der Waals surface area contributed by atoms with Crippen LogP contribution in [0.4, 0.5) is 0 Å². The van der Waals surface area contributed by atoms with Crippen LogP contribution in [0.5, 0.6) is 0 Å². The van der Waals surface area contributed by atoms with Crippen molar-refractivity contribution in [2.75, 3.05) is 6.61 Å². The summed E-state index contributed by atoms with van der Waals surface area (Å²) in [6.07, 6.45) is 8.32. The van der Waals surface area contributed by atoms with Crippen LogP contribution in [-0.2, 0) is 11.8 Å². The third-order valence-corrected chi connectivity index (χ3v) is 5.90. The van der Waals surface area contributed by atoms with Gasteiger partial charge in [-0.3, -0.25) is 9.59 Å². The number of aryl methyl sites for hydroxylation is 2. The second-order valence-corrected chi connectivity index (χ2v) is 7.93. The molecule has 1 aliphatic heterocycles. The van der Waals surface area contributed by atoms with Crippen molar-refractivity contribution in [2.45, 2.75) is 57.1 Å². The molecule has 5 nitrogen and oxygen atoms in total. The number of hydrogen-bond acceptors (Lipinski definition) is 3. The molecule has 1 aromatic heterocycles. The summed E-state index contributed by atoms with van der Waals surface area (Å²) in [5, 5.41) is 3.63. The first kappa shape index (κ1) is 17.3. The van der Waals surface area contributed by atoms with E-state index in [1.54, 1.807) is 6.20 Å². The van der Waals surface area contributed by atoms with Gasteiger partial charge < -0.3 is 14.6 Å². The van der Waals surface area contributed by atoms with Crippen molar-refractivity contribution >= 4 is 16.8 Å². The normalized spacial score (nSPS) is 22.0. The zero-order chi connectivity index (χ0) is 18.3. The van der Waals surface area contributed by atoms with Gasteiger partial charge in [-0.1, -0.05) is 30.9 Å². The van der Waals surface area contributed by atoms with Gasteiger partial charge in [0, 0.05) is 18.6 Å². The molecule has 1 saturated heterocycles. The molecule has 1 aliphatic carbocycles. The van der Waals surface area contributed by atoms with Gasteiger partial charge in [-0.2, -0.15) is 0 Å². The molecule has 0 bridgehead atoms. The molecule has 1 saturated carbocycles. The van der Waals surface area contributed by atoms with Gasteiger partial charge in [-0.25, -0.2) is 0 Å². The molecule has 26 heavy (non-hydrogen) atoms. The fourth-order valence-corrected chi connectivity index (χ4v) is 4.51. The quantitative estimate of drug-likeness (QED) is 0.902. The summed E-state index contributed by atoms with van der Waals surface area (Å²) in [6, 6.07) is 5.73. The first-order valence-electron chi connectivity index (χ1n) is 9.52. The van der Waals surface area contributed by atoms with Crippen molar-refractivity contribution in [3.05, 3.63) is 45.7 Å². The molecule has 1 atom stereocenters. The Labute approximate surface area is 153 Å². The van der Waals surface area contributed by atoms with E-state index in [1.807, 2.05) is 36.7 Å². The van der Waals surface area contributed by atoms with Crippen molar-refractivity contribution in [2.24, 2.45) is 7.05 Å². The van der Waals surface area contributed by atoms with Gasteiger partial charge in [-0.15, -0.1) is 0 Å². The van der Waals surface area contributed by atoms with Crippen LogP contribution in [0, 0.1) is 6.92 Å². The maximum absolute atomic E-state index is 12.8. The number of hydrogen-bond donors (Lipinski definition) is 1. The maximum atomic E-state index is 12.8. The average molecular weight is 354 g/mol. The Balaban J connectivity index is 1.57. The zero-order valence-corrected chi connectivity index (χ0v) is 15.5. The molecular formula is C21H26N2O3. The SMILES string of the molecule is Cc1ccc2c(c1)c(=O)c(C(=O)N[C@H]1COC3(CCCCC3)C1)cn2C. The number of rotatable bonds is 2. The second kappa shape index (κ2) is 6.54. The molecule has 4 rings (SSSR count). The molecule has 0 unspecified atom stereocenters. The van der Waals surface area contributed by atoms with Gasteiger partial charge in [0.1, 0.15) is 5.56 Å². The van der Waals surface area contributed by atoms with Crippen LogP contribution in [-0.4, -0.2) is 28.7 Å². The number of carbonyl (C=O) groups excluding carboxylic acids is 1. The summed E-state index contributed by atoms with van der Waals surface area (Å²) >= 11 is 0. The number of pyridine rings is 1. The van der Waals surface area contributed by atoms with Gasteiger partial charge >= 0.3 is 0 Å². The highest BCUT2D eigenvalue weighted by Gasteiger charge is 2.41. The van der Waals surface area contributed by atoms with Crippen LogP contribution in [0.3, 0.4) is 0 Å². The average Bonchev–Trinajstić information content (AvgIpc) is 3.00. The van der Waals surface area contributed by atoms with E-state index in [2.05, 4.69) is 5.32 Å². The van der Waals surface area contributed by atoms with E-state index in [4.69, 9.17) is 4.74 Å². The molecule has 138 valence electrons. The van der Waals surface area contributed by atoms with E-state index < -0.39 is 0 Å². The van der Waals surface area contributed by atoms with Crippen LogP contribution < -0.4 is 10.7 Å². The van der Waals surface area contributed by atoms with Gasteiger partial charge in [0.15, 0.2) is 0 Å². The van der Waals surface area contributed by atoms with Crippen molar-refractivity contribution in [1.29, 1.82) is 0 Å². The summed E-state index contributed by atoms with van der Waals surface area (Å²) in [4.78, 5) is 25.6.